The summed E-state index contributed by atoms with van der Waals surface area (Å²) in [5, 5.41) is 13.1. The van der Waals surface area contributed by atoms with Gasteiger partial charge in [0.25, 0.3) is 0 Å². The fourth-order valence-electron chi connectivity index (χ4n) is 2.97. The lowest BCUT2D eigenvalue weighted by atomic mass is 10.2. The van der Waals surface area contributed by atoms with Crippen molar-refractivity contribution in [3.63, 3.8) is 0 Å². The molecule has 0 unspecified atom stereocenters. The van der Waals surface area contributed by atoms with Crippen LogP contribution in [-0.4, -0.2) is 34.0 Å². The van der Waals surface area contributed by atoms with Gasteiger partial charge < -0.3 is 15.3 Å². The van der Waals surface area contributed by atoms with E-state index in [1.165, 1.54) is 6.07 Å². The van der Waals surface area contributed by atoms with Crippen LogP contribution >= 0.6 is 15.9 Å². The maximum atomic E-state index is 14.2. The molecule has 0 fully saturated rings. The molecule has 2 N–H and O–H groups in total. The van der Waals surface area contributed by atoms with Gasteiger partial charge in [0.2, 0.25) is 0 Å². The molecule has 0 saturated carbocycles. The fraction of sp³-hybridized carbons (Fsp3) is 0.217. The highest BCUT2D eigenvalue weighted by atomic mass is 79.9. The van der Waals surface area contributed by atoms with Crippen molar-refractivity contribution in [3.8, 4) is 5.75 Å². The first-order chi connectivity index (χ1) is 14.5. The lowest BCUT2D eigenvalue weighted by molar-refractivity contribution is 0.439. The summed E-state index contributed by atoms with van der Waals surface area (Å²) in [5.41, 5.74) is 2.20. The van der Waals surface area contributed by atoms with Crippen molar-refractivity contribution >= 4 is 27.6 Å². The number of guanidine groups is 1. The molecule has 0 spiro atoms. The second kappa shape index (κ2) is 10.7. The molecule has 7 heteroatoms. The van der Waals surface area contributed by atoms with Gasteiger partial charge in [-0.1, -0.05) is 28.1 Å². The molecular formula is C23H24BrFN4O. The number of nitrogens with one attached hydrogen (secondary N) is 1. The van der Waals surface area contributed by atoms with Gasteiger partial charge in [-0.25, -0.2) is 9.38 Å². The van der Waals surface area contributed by atoms with Gasteiger partial charge in [0, 0.05) is 53.2 Å². The normalized spacial score (nSPS) is 11.4. The number of anilines is 1. The topological polar surface area (TPSA) is 60.8 Å². The van der Waals surface area contributed by atoms with Crippen LogP contribution in [0.5, 0.6) is 5.75 Å². The predicted molar refractivity (Wildman–Crippen MR) is 122 cm³/mol. The highest BCUT2D eigenvalue weighted by molar-refractivity contribution is 9.10. The molecule has 0 atom stereocenters. The predicted octanol–water partition coefficient (Wildman–Crippen LogP) is 5.22. The number of phenols is 1. The number of phenolic OH excluding ortho intramolecular Hbond substituents is 1. The summed E-state index contributed by atoms with van der Waals surface area (Å²) in [6, 6.07) is 17.5. The summed E-state index contributed by atoms with van der Waals surface area (Å²) >= 11 is 3.38. The Kier molecular flexibility index (Phi) is 7.79. The van der Waals surface area contributed by atoms with Crippen LogP contribution in [-0.2, 0) is 13.0 Å². The number of aromatic nitrogens is 1. The molecule has 0 aliphatic carbocycles. The van der Waals surface area contributed by atoms with Crippen LogP contribution in [0, 0.1) is 5.82 Å². The van der Waals surface area contributed by atoms with Gasteiger partial charge in [0.15, 0.2) is 5.96 Å². The molecule has 1 aromatic heterocycles. The number of rotatable bonds is 7. The summed E-state index contributed by atoms with van der Waals surface area (Å²) in [7, 11) is 0. The monoisotopic (exact) mass is 470 g/mol. The summed E-state index contributed by atoms with van der Waals surface area (Å²) in [5.74, 6) is 0.475. The van der Waals surface area contributed by atoms with Crippen LogP contribution in [0.25, 0.3) is 0 Å². The lowest BCUT2D eigenvalue weighted by Crippen LogP contribution is -2.38. The minimum absolute atomic E-state index is 0.161. The molecule has 3 rings (SSSR count). The van der Waals surface area contributed by atoms with Gasteiger partial charge in [-0.2, -0.15) is 0 Å². The Morgan fingerprint density at radius 3 is 2.77 bits per heavy atom. The summed E-state index contributed by atoms with van der Waals surface area (Å²) in [6.45, 7) is 3.63. The Hall–Kier alpha value is -2.93. The van der Waals surface area contributed by atoms with E-state index in [1.54, 1.807) is 36.5 Å². The van der Waals surface area contributed by atoms with Crippen LogP contribution in [0.15, 0.2) is 76.3 Å². The number of hydrogen-bond acceptors (Lipinski definition) is 3. The van der Waals surface area contributed by atoms with Crippen molar-refractivity contribution in [2.75, 3.05) is 18.4 Å². The van der Waals surface area contributed by atoms with Crippen LogP contribution in [0.3, 0.4) is 0 Å². The maximum absolute atomic E-state index is 14.2. The first kappa shape index (κ1) is 21.8. The highest BCUT2D eigenvalue weighted by Crippen LogP contribution is 2.18. The summed E-state index contributed by atoms with van der Waals surface area (Å²) in [4.78, 5) is 11.1. The van der Waals surface area contributed by atoms with Crippen molar-refractivity contribution in [1.29, 1.82) is 0 Å². The number of benzene rings is 2. The van der Waals surface area contributed by atoms with E-state index in [0.717, 1.165) is 16.6 Å². The lowest BCUT2D eigenvalue weighted by Gasteiger charge is -2.25. The van der Waals surface area contributed by atoms with E-state index in [0.29, 0.717) is 30.3 Å². The second-order valence-electron chi connectivity index (χ2n) is 6.70. The third-order valence-electron chi connectivity index (χ3n) is 4.55. The van der Waals surface area contributed by atoms with Crippen molar-refractivity contribution in [3.05, 3.63) is 88.4 Å². The van der Waals surface area contributed by atoms with Crippen LogP contribution < -0.4 is 5.32 Å². The van der Waals surface area contributed by atoms with Crippen molar-refractivity contribution in [2.24, 2.45) is 4.99 Å². The van der Waals surface area contributed by atoms with E-state index < -0.39 is 0 Å². The van der Waals surface area contributed by atoms with Crippen molar-refractivity contribution in [1.82, 2.24) is 9.88 Å². The minimum atomic E-state index is -0.296. The molecular weight excluding hydrogens is 447 g/mol. The molecule has 0 aliphatic heterocycles. The molecule has 1 heterocycles. The van der Waals surface area contributed by atoms with Crippen LogP contribution in [0.1, 0.15) is 18.2 Å². The molecule has 0 aliphatic rings. The molecule has 3 aromatic rings. The number of aliphatic imine (C=N–C) groups is 1. The van der Waals surface area contributed by atoms with E-state index >= 15 is 0 Å². The molecule has 0 saturated heterocycles. The van der Waals surface area contributed by atoms with Gasteiger partial charge in [-0.3, -0.25) is 4.98 Å². The zero-order chi connectivity index (χ0) is 21.3. The van der Waals surface area contributed by atoms with Crippen molar-refractivity contribution < 1.29 is 9.50 Å². The van der Waals surface area contributed by atoms with Crippen molar-refractivity contribution in [2.45, 2.75) is 19.9 Å². The Labute approximate surface area is 184 Å². The number of likely N-dealkylation sites (N-methyl/N-ethyl adjacent to an activating group) is 1. The van der Waals surface area contributed by atoms with E-state index in [2.05, 4.69) is 36.1 Å². The molecule has 0 bridgehead atoms. The minimum Gasteiger partial charge on any atom is -0.508 e. The Morgan fingerprint density at radius 1 is 1.17 bits per heavy atom. The molecule has 2 aromatic carbocycles. The van der Waals surface area contributed by atoms with Gasteiger partial charge in [0.1, 0.15) is 11.6 Å². The third kappa shape index (κ3) is 6.29. The van der Waals surface area contributed by atoms with E-state index in [1.807, 2.05) is 31.2 Å². The van der Waals surface area contributed by atoms with Gasteiger partial charge in [-0.15, -0.1) is 0 Å². The summed E-state index contributed by atoms with van der Waals surface area (Å²) in [6.07, 6.45) is 2.53. The first-order valence-corrected chi connectivity index (χ1v) is 10.5. The standard InChI is InChI=1S/C23H24BrFN4O/c1-2-29(13-11-19-6-3-4-12-26-19)23(28-20-7-5-8-21(30)15-20)27-16-17-14-18(24)9-10-22(17)25/h3-10,12,14-15,30H,2,11,13,16H2,1H3,(H,27,28). The molecule has 0 radical (unpaired) electrons. The van der Waals surface area contributed by atoms with Gasteiger partial charge in [-0.05, 0) is 49.4 Å². The van der Waals surface area contributed by atoms with Gasteiger partial charge >= 0.3 is 0 Å². The zero-order valence-corrected chi connectivity index (χ0v) is 18.3. The average molecular weight is 471 g/mol. The number of halogens is 2. The van der Waals surface area contributed by atoms with Crippen LogP contribution in [0.4, 0.5) is 10.1 Å². The first-order valence-electron chi connectivity index (χ1n) is 9.74. The SMILES string of the molecule is CCN(CCc1ccccn1)C(=NCc1cc(Br)ccc1F)Nc1cccc(O)c1. The Morgan fingerprint density at radius 2 is 2.03 bits per heavy atom. The quantitative estimate of drug-likeness (QED) is 0.367. The van der Waals surface area contributed by atoms with E-state index in [-0.39, 0.29) is 18.1 Å². The Bertz CT molecular complexity index is 998. The largest absolute Gasteiger partial charge is 0.508 e. The van der Waals surface area contributed by atoms with Crippen LogP contribution in [0.2, 0.25) is 0 Å². The zero-order valence-electron chi connectivity index (χ0n) is 16.7. The molecule has 0 amide bonds. The molecule has 156 valence electrons. The summed E-state index contributed by atoms with van der Waals surface area (Å²) < 4.78 is 15.0. The third-order valence-corrected chi connectivity index (χ3v) is 5.05. The average Bonchev–Trinajstić information content (AvgIpc) is 2.75. The number of aromatic hydroxyl groups is 1. The fourth-order valence-corrected chi connectivity index (χ4v) is 3.37. The van der Waals surface area contributed by atoms with E-state index in [4.69, 9.17) is 0 Å². The Balaban J connectivity index is 1.83. The van der Waals surface area contributed by atoms with E-state index in [9.17, 15) is 9.50 Å². The second-order valence-corrected chi connectivity index (χ2v) is 7.62. The molecule has 30 heavy (non-hydrogen) atoms. The molecule has 5 nitrogen and oxygen atoms in total. The number of nitrogens with zero attached hydrogens (tertiary/aromatic N) is 3. The number of hydrogen-bond donors (Lipinski definition) is 2. The highest BCUT2D eigenvalue weighted by Gasteiger charge is 2.12. The maximum Gasteiger partial charge on any atom is 0.198 e. The van der Waals surface area contributed by atoms with Gasteiger partial charge in [0.05, 0.1) is 6.54 Å². The smallest absolute Gasteiger partial charge is 0.198 e. The number of pyridine rings is 1.